The molecule has 1 aromatic rings. The third-order valence-corrected chi connectivity index (χ3v) is 2.80. The van der Waals surface area contributed by atoms with E-state index in [9.17, 15) is 4.79 Å². The minimum atomic E-state index is -0.683. The van der Waals surface area contributed by atoms with Crippen molar-refractivity contribution in [3.8, 4) is 0 Å². The zero-order valence-electron chi connectivity index (χ0n) is 9.86. The van der Waals surface area contributed by atoms with E-state index in [2.05, 4.69) is 19.1 Å². The normalized spacial score (nSPS) is 12.3. The van der Waals surface area contributed by atoms with Crippen LogP contribution in [-0.2, 0) is 11.2 Å². The fraction of sp³-hybridized carbons (Fsp3) is 0.500. The molecule has 2 nitrogen and oxygen atoms in total. The summed E-state index contributed by atoms with van der Waals surface area (Å²) < 4.78 is 0. The zero-order chi connectivity index (χ0) is 11.8. The third kappa shape index (κ3) is 4.96. The molecule has 0 radical (unpaired) electrons. The van der Waals surface area contributed by atoms with Crippen LogP contribution in [0.15, 0.2) is 30.3 Å². The number of carboxylic acid groups (broad SMARTS) is 1. The minimum absolute atomic E-state index is 0.278. The molecule has 16 heavy (non-hydrogen) atoms. The standard InChI is InChI=1S/C14H20O2/c1-2-3-7-13(11-14(15)16)10-12-8-5-4-6-9-12/h4-6,8-9,13H,2-3,7,10-11H2,1H3,(H,15,16). The Morgan fingerprint density at radius 3 is 2.56 bits per heavy atom. The lowest BCUT2D eigenvalue weighted by molar-refractivity contribution is -0.138. The van der Waals surface area contributed by atoms with Crippen molar-refractivity contribution in [1.82, 2.24) is 0 Å². The summed E-state index contributed by atoms with van der Waals surface area (Å²) in [4.78, 5) is 10.8. The second-order valence-corrected chi connectivity index (χ2v) is 4.30. The molecule has 0 saturated heterocycles. The lowest BCUT2D eigenvalue weighted by Gasteiger charge is -2.14. The first-order valence-electron chi connectivity index (χ1n) is 5.98. The lowest BCUT2D eigenvalue weighted by Crippen LogP contribution is -2.10. The highest BCUT2D eigenvalue weighted by molar-refractivity contribution is 5.67. The van der Waals surface area contributed by atoms with E-state index in [-0.39, 0.29) is 12.3 Å². The van der Waals surface area contributed by atoms with Gasteiger partial charge in [0.2, 0.25) is 0 Å². The molecule has 0 bridgehead atoms. The van der Waals surface area contributed by atoms with Gasteiger partial charge in [-0.25, -0.2) is 0 Å². The van der Waals surface area contributed by atoms with Gasteiger partial charge in [0.15, 0.2) is 0 Å². The van der Waals surface area contributed by atoms with Crippen LogP contribution in [0.2, 0.25) is 0 Å². The molecule has 1 N–H and O–H groups in total. The van der Waals surface area contributed by atoms with E-state index in [0.29, 0.717) is 0 Å². The van der Waals surface area contributed by atoms with Crippen LogP contribution in [0.25, 0.3) is 0 Å². The summed E-state index contributed by atoms with van der Waals surface area (Å²) in [5.74, 6) is -0.406. The average molecular weight is 220 g/mol. The van der Waals surface area contributed by atoms with Gasteiger partial charge in [-0.05, 0) is 24.3 Å². The quantitative estimate of drug-likeness (QED) is 0.763. The summed E-state index contributed by atoms with van der Waals surface area (Å²) in [6.07, 6.45) is 4.43. The van der Waals surface area contributed by atoms with E-state index in [1.165, 1.54) is 5.56 Å². The van der Waals surface area contributed by atoms with Gasteiger partial charge in [-0.2, -0.15) is 0 Å². The number of unbranched alkanes of at least 4 members (excludes halogenated alkanes) is 1. The van der Waals surface area contributed by atoms with Crippen molar-refractivity contribution in [1.29, 1.82) is 0 Å². The van der Waals surface area contributed by atoms with Crippen LogP contribution in [0.5, 0.6) is 0 Å². The first kappa shape index (κ1) is 12.8. The minimum Gasteiger partial charge on any atom is -0.481 e. The Labute approximate surface area is 97.3 Å². The number of rotatable bonds is 7. The van der Waals surface area contributed by atoms with E-state index in [0.717, 1.165) is 25.7 Å². The molecule has 1 rings (SSSR count). The lowest BCUT2D eigenvalue weighted by atomic mass is 9.91. The fourth-order valence-corrected chi connectivity index (χ4v) is 1.96. The Morgan fingerprint density at radius 1 is 1.31 bits per heavy atom. The molecular formula is C14H20O2. The maximum atomic E-state index is 10.8. The van der Waals surface area contributed by atoms with Gasteiger partial charge in [0.1, 0.15) is 0 Å². The molecule has 1 atom stereocenters. The van der Waals surface area contributed by atoms with Crippen LogP contribution in [0, 0.1) is 5.92 Å². The Hall–Kier alpha value is -1.31. The van der Waals surface area contributed by atoms with Crippen molar-refractivity contribution in [3.05, 3.63) is 35.9 Å². The monoisotopic (exact) mass is 220 g/mol. The fourth-order valence-electron chi connectivity index (χ4n) is 1.96. The van der Waals surface area contributed by atoms with Crippen LogP contribution < -0.4 is 0 Å². The molecule has 2 heteroatoms. The second kappa shape index (κ2) is 7.04. The molecule has 1 unspecified atom stereocenters. The van der Waals surface area contributed by atoms with Gasteiger partial charge in [-0.1, -0.05) is 50.1 Å². The van der Waals surface area contributed by atoms with Crippen LogP contribution in [0.1, 0.15) is 38.2 Å². The van der Waals surface area contributed by atoms with Crippen LogP contribution in [-0.4, -0.2) is 11.1 Å². The average Bonchev–Trinajstić information content (AvgIpc) is 2.26. The van der Waals surface area contributed by atoms with Gasteiger partial charge >= 0.3 is 5.97 Å². The molecular weight excluding hydrogens is 200 g/mol. The van der Waals surface area contributed by atoms with Crippen molar-refractivity contribution in [2.24, 2.45) is 5.92 Å². The molecule has 1 aromatic carbocycles. The van der Waals surface area contributed by atoms with Gasteiger partial charge < -0.3 is 5.11 Å². The first-order chi connectivity index (χ1) is 7.72. The van der Waals surface area contributed by atoms with E-state index in [4.69, 9.17) is 5.11 Å². The van der Waals surface area contributed by atoms with Crippen molar-refractivity contribution >= 4 is 5.97 Å². The SMILES string of the molecule is CCCCC(CC(=O)O)Cc1ccccc1. The molecule has 0 spiro atoms. The molecule has 0 aliphatic heterocycles. The van der Waals surface area contributed by atoms with Crippen LogP contribution >= 0.6 is 0 Å². The van der Waals surface area contributed by atoms with Crippen LogP contribution in [0.3, 0.4) is 0 Å². The highest BCUT2D eigenvalue weighted by Crippen LogP contribution is 2.18. The Kier molecular flexibility index (Phi) is 5.62. The largest absolute Gasteiger partial charge is 0.481 e. The Balaban J connectivity index is 2.52. The van der Waals surface area contributed by atoms with E-state index < -0.39 is 5.97 Å². The number of benzene rings is 1. The molecule has 0 heterocycles. The zero-order valence-corrected chi connectivity index (χ0v) is 9.86. The summed E-state index contributed by atoms with van der Waals surface area (Å²) in [6.45, 7) is 2.14. The molecule has 0 aliphatic rings. The number of aliphatic carboxylic acids is 1. The number of carboxylic acids is 1. The molecule has 0 aliphatic carbocycles. The van der Waals surface area contributed by atoms with E-state index >= 15 is 0 Å². The van der Waals surface area contributed by atoms with Gasteiger partial charge in [-0.15, -0.1) is 0 Å². The van der Waals surface area contributed by atoms with Gasteiger partial charge in [0.05, 0.1) is 0 Å². The third-order valence-electron chi connectivity index (χ3n) is 2.80. The number of hydrogen-bond donors (Lipinski definition) is 1. The van der Waals surface area contributed by atoms with Crippen molar-refractivity contribution in [3.63, 3.8) is 0 Å². The maximum absolute atomic E-state index is 10.8. The molecule has 0 fully saturated rings. The summed E-state index contributed by atoms with van der Waals surface area (Å²) >= 11 is 0. The Morgan fingerprint density at radius 2 is 2.00 bits per heavy atom. The van der Waals surface area contributed by atoms with E-state index in [1.807, 2.05) is 18.2 Å². The highest BCUT2D eigenvalue weighted by atomic mass is 16.4. The maximum Gasteiger partial charge on any atom is 0.303 e. The van der Waals surface area contributed by atoms with Gasteiger partial charge in [0.25, 0.3) is 0 Å². The van der Waals surface area contributed by atoms with Crippen molar-refractivity contribution in [2.75, 3.05) is 0 Å². The van der Waals surface area contributed by atoms with Crippen LogP contribution in [0.4, 0.5) is 0 Å². The summed E-state index contributed by atoms with van der Waals surface area (Å²) in [7, 11) is 0. The van der Waals surface area contributed by atoms with Gasteiger partial charge in [-0.3, -0.25) is 4.79 Å². The van der Waals surface area contributed by atoms with E-state index in [1.54, 1.807) is 0 Å². The topological polar surface area (TPSA) is 37.3 Å². The Bertz CT molecular complexity index is 306. The first-order valence-corrected chi connectivity index (χ1v) is 5.98. The van der Waals surface area contributed by atoms with Gasteiger partial charge in [0, 0.05) is 6.42 Å². The molecule has 88 valence electrons. The number of hydrogen-bond acceptors (Lipinski definition) is 1. The second-order valence-electron chi connectivity index (χ2n) is 4.30. The summed E-state index contributed by atoms with van der Waals surface area (Å²) in [5, 5.41) is 8.86. The number of carbonyl (C=O) groups is 1. The predicted molar refractivity (Wildman–Crippen MR) is 65.4 cm³/mol. The highest BCUT2D eigenvalue weighted by Gasteiger charge is 2.13. The smallest absolute Gasteiger partial charge is 0.303 e. The summed E-state index contributed by atoms with van der Waals surface area (Å²) in [5.41, 5.74) is 1.24. The molecule has 0 amide bonds. The summed E-state index contributed by atoms with van der Waals surface area (Å²) in [6, 6.07) is 10.1. The predicted octanol–water partition coefficient (Wildman–Crippen LogP) is 3.51. The van der Waals surface area contributed by atoms with Crippen molar-refractivity contribution < 1.29 is 9.90 Å². The molecule has 0 saturated carbocycles. The molecule has 0 aromatic heterocycles. The van der Waals surface area contributed by atoms with Crippen molar-refractivity contribution in [2.45, 2.75) is 39.0 Å².